The van der Waals surface area contributed by atoms with Gasteiger partial charge in [-0.15, -0.1) is 0 Å². The summed E-state index contributed by atoms with van der Waals surface area (Å²) >= 11 is 0. The minimum atomic E-state index is -0.365. The fraction of sp³-hybridized carbons (Fsp3) is 0.684. The van der Waals surface area contributed by atoms with E-state index in [1.54, 1.807) is 0 Å². The number of amides is 2. The lowest BCUT2D eigenvalue weighted by molar-refractivity contribution is -0.137. The maximum absolute atomic E-state index is 11.7. The van der Waals surface area contributed by atoms with Crippen molar-refractivity contribution in [1.82, 2.24) is 4.90 Å². The van der Waals surface area contributed by atoms with Crippen LogP contribution < -0.4 is 0 Å². The van der Waals surface area contributed by atoms with Crippen LogP contribution >= 0.6 is 0 Å². The first kappa shape index (κ1) is 23.1. The van der Waals surface area contributed by atoms with Crippen LogP contribution in [0.5, 0.6) is 0 Å². The number of Topliss-reactive ketones (excluding diaryl/α,β-unsaturated/α-hetero) is 2. The average molecular weight is 383 g/mol. The van der Waals surface area contributed by atoms with E-state index in [1.807, 2.05) is 6.92 Å². The van der Waals surface area contributed by atoms with Gasteiger partial charge < -0.3 is 14.2 Å². The second kappa shape index (κ2) is 14.2. The molecule has 0 aliphatic carbocycles. The van der Waals surface area contributed by atoms with Gasteiger partial charge in [0.1, 0.15) is 11.6 Å². The van der Waals surface area contributed by atoms with Gasteiger partial charge in [0.2, 0.25) is 0 Å². The maximum atomic E-state index is 11.7. The maximum Gasteiger partial charge on any atom is 0.253 e. The van der Waals surface area contributed by atoms with Gasteiger partial charge in [-0.2, -0.15) is 0 Å². The summed E-state index contributed by atoms with van der Waals surface area (Å²) in [4.78, 5) is 46.6. The molecule has 1 aliphatic rings. The summed E-state index contributed by atoms with van der Waals surface area (Å²) in [5, 5.41) is 0. The standard InChI is InChI=1S/C19H29NO7/c1-2-16(21)8-11-26-13-15-27-14-12-25-10-3-4-17(22)7-9-20-18(23)5-6-19(20)24/h5-6H,2-4,7-15H2,1H3. The van der Waals surface area contributed by atoms with Gasteiger partial charge in [0.25, 0.3) is 11.8 Å². The van der Waals surface area contributed by atoms with E-state index < -0.39 is 0 Å². The fourth-order valence-electron chi connectivity index (χ4n) is 2.29. The summed E-state index contributed by atoms with van der Waals surface area (Å²) in [7, 11) is 0. The van der Waals surface area contributed by atoms with Crippen LogP contribution in [0.1, 0.15) is 39.0 Å². The molecule has 0 radical (unpaired) electrons. The van der Waals surface area contributed by atoms with Gasteiger partial charge in [-0.05, 0) is 6.42 Å². The SMILES string of the molecule is CCC(=O)CCOCCOCCOCCCC(=O)CCN1C(=O)C=CC1=O. The number of carbonyl (C=O) groups excluding carboxylic acids is 4. The molecule has 2 amide bonds. The monoisotopic (exact) mass is 383 g/mol. The molecule has 0 unspecified atom stereocenters. The highest BCUT2D eigenvalue weighted by molar-refractivity contribution is 6.13. The molecule has 0 atom stereocenters. The molecule has 0 saturated heterocycles. The largest absolute Gasteiger partial charge is 0.379 e. The number of carbonyl (C=O) groups is 4. The molecule has 8 heteroatoms. The molecule has 8 nitrogen and oxygen atoms in total. The molecule has 0 aromatic heterocycles. The van der Waals surface area contributed by atoms with Gasteiger partial charge in [-0.3, -0.25) is 24.1 Å². The molecule has 1 aliphatic heterocycles. The Morgan fingerprint density at radius 1 is 0.778 bits per heavy atom. The Balaban J connectivity index is 1.84. The summed E-state index contributed by atoms with van der Waals surface area (Å²) in [5.41, 5.74) is 0. The molecule has 0 fully saturated rings. The van der Waals surface area contributed by atoms with E-state index in [0.717, 1.165) is 4.90 Å². The predicted octanol–water partition coefficient (Wildman–Crippen LogP) is 1.07. The summed E-state index contributed by atoms with van der Waals surface area (Å²) in [6, 6.07) is 0. The number of rotatable bonds is 17. The lowest BCUT2D eigenvalue weighted by Crippen LogP contribution is -2.32. The second-order valence-electron chi connectivity index (χ2n) is 6.03. The normalized spacial score (nSPS) is 13.6. The lowest BCUT2D eigenvalue weighted by atomic mass is 10.1. The van der Waals surface area contributed by atoms with E-state index in [2.05, 4.69) is 0 Å². The topological polar surface area (TPSA) is 99.2 Å². The predicted molar refractivity (Wildman–Crippen MR) is 97.1 cm³/mol. The van der Waals surface area contributed by atoms with Crippen molar-refractivity contribution in [3.63, 3.8) is 0 Å². The fourth-order valence-corrected chi connectivity index (χ4v) is 2.29. The molecule has 0 bridgehead atoms. The lowest BCUT2D eigenvalue weighted by Gasteiger charge is -2.12. The van der Waals surface area contributed by atoms with E-state index >= 15 is 0 Å². The minimum absolute atomic E-state index is 0.000975. The van der Waals surface area contributed by atoms with Crippen molar-refractivity contribution in [2.75, 3.05) is 46.2 Å². The average Bonchev–Trinajstić information content (AvgIpc) is 2.98. The molecule has 0 aromatic rings. The molecule has 0 spiro atoms. The molecule has 27 heavy (non-hydrogen) atoms. The quantitative estimate of drug-likeness (QED) is 0.274. The van der Waals surface area contributed by atoms with Gasteiger partial charge in [0, 0.05) is 51.0 Å². The molecular formula is C19H29NO7. The van der Waals surface area contributed by atoms with Gasteiger partial charge in [0.15, 0.2) is 0 Å². The van der Waals surface area contributed by atoms with Crippen molar-refractivity contribution in [2.24, 2.45) is 0 Å². The van der Waals surface area contributed by atoms with E-state index in [9.17, 15) is 19.2 Å². The second-order valence-corrected chi connectivity index (χ2v) is 6.03. The van der Waals surface area contributed by atoms with Crippen LogP contribution in [0.3, 0.4) is 0 Å². The highest BCUT2D eigenvalue weighted by Crippen LogP contribution is 2.06. The van der Waals surface area contributed by atoms with Crippen molar-refractivity contribution in [1.29, 1.82) is 0 Å². The van der Waals surface area contributed by atoms with Crippen molar-refractivity contribution >= 4 is 23.4 Å². The number of hydrogen-bond donors (Lipinski definition) is 0. The van der Waals surface area contributed by atoms with Crippen LogP contribution in [-0.2, 0) is 33.4 Å². The number of imide groups is 1. The third-order valence-corrected chi connectivity index (χ3v) is 3.92. The first-order valence-electron chi connectivity index (χ1n) is 9.34. The van der Waals surface area contributed by atoms with E-state index in [1.165, 1.54) is 12.2 Å². The third-order valence-electron chi connectivity index (χ3n) is 3.92. The first-order chi connectivity index (χ1) is 13.0. The van der Waals surface area contributed by atoms with Crippen LogP contribution in [0.2, 0.25) is 0 Å². The highest BCUT2D eigenvalue weighted by atomic mass is 16.5. The van der Waals surface area contributed by atoms with E-state index in [4.69, 9.17) is 14.2 Å². The molecule has 0 aromatic carbocycles. The molecular weight excluding hydrogens is 354 g/mol. The van der Waals surface area contributed by atoms with Crippen molar-refractivity contribution in [3.05, 3.63) is 12.2 Å². The summed E-state index contributed by atoms with van der Waals surface area (Å²) in [6.45, 7) is 4.62. The number of ether oxygens (including phenoxy) is 3. The van der Waals surface area contributed by atoms with Crippen molar-refractivity contribution in [2.45, 2.75) is 39.0 Å². The van der Waals surface area contributed by atoms with E-state index in [-0.39, 0.29) is 36.3 Å². The highest BCUT2D eigenvalue weighted by Gasteiger charge is 2.23. The summed E-state index contributed by atoms with van der Waals surface area (Å²) < 4.78 is 16.0. The Labute approximate surface area is 159 Å². The van der Waals surface area contributed by atoms with Gasteiger partial charge in [0.05, 0.1) is 33.0 Å². The zero-order chi connectivity index (χ0) is 19.9. The van der Waals surface area contributed by atoms with Crippen molar-refractivity contribution in [3.8, 4) is 0 Å². The van der Waals surface area contributed by atoms with Crippen LogP contribution in [0, 0.1) is 0 Å². The van der Waals surface area contributed by atoms with Crippen molar-refractivity contribution < 1.29 is 33.4 Å². The van der Waals surface area contributed by atoms with Crippen LogP contribution in [0.25, 0.3) is 0 Å². The smallest absolute Gasteiger partial charge is 0.253 e. The zero-order valence-corrected chi connectivity index (χ0v) is 15.9. The van der Waals surface area contributed by atoms with Crippen LogP contribution in [0.4, 0.5) is 0 Å². The third kappa shape index (κ3) is 10.7. The summed E-state index contributed by atoms with van der Waals surface area (Å²) in [5.74, 6) is -0.536. The molecule has 0 saturated carbocycles. The Morgan fingerprint density at radius 3 is 1.93 bits per heavy atom. The Bertz CT molecular complexity index is 512. The molecule has 0 N–H and O–H groups in total. The Hall–Kier alpha value is -1.90. The minimum Gasteiger partial charge on any atom is -0.379 e. The van der Waals surface area contributed by atoms with Crippen LogP contribution in [0.15, 0.2) is 12.2 Å². The number of nitrogens with zero attached hydrogens (tertiary/aromatic N) is 1. The van der Waals surface area contributed by atoms with Gasteiger partial charge in [-0.1, -0.05) is 6.92 Å². The van der Waals surface area contributed by atoms with Crippen LogP contribution in [-0.4, -0.2) is 74.5 Å². The van der Waals surface area contributed by atoms with Gasteiger partial charge in [-0.25, -0.2) is 0 Å². The number of hydrogen-bond acceptors (Lipinski definition) is 7. The molecule has 152 valence electrons. The molecule has 1 rings (SSSR count). The first-order valence-corrected chi connectivity index (χ1v) is 9.34. The number of ketones is 2. The van der Waals surface area contributed by atoms with Gasteiger partial charge >= 0.3 is 0 Å². The molecule has 1 heterocycles. The van der Waals surface area contributed by atoms with E-state index in [0.29, 0.717) is 65.3 Å². The summed E-state index contributed by atoms with van der Waals surface area (Å²) in [6.07, 6.45) is 4.52. The zero-order valence-electron chi connectivity index (χ0n) is 15.9. The Morgan fingerprint density at radius 2 is 1.33 bits per heavy atom. The Kier molecular flexibility index (Phi) is 12.2.